The summed E-state index contributed by atoms with van der Waals surface area (Å²) in [6, 6.07) is 13.5. The highest BCUT2D eigenvalue weighted by atomic mass is 35.5. The molecule has 2 heterocycles. The smallest absolute Gasteiger partial charge is 0.269 e. The van der Waals surface area contributed by atoms with Crippen molar-refractivity contribution in [2.45, 2.75) is 22.7 Å². The van der Waals surface area contributed by atoms with Gasteiger partial charge in [0.25, 0.3) is 11.1 Å². The molecule has 2 aliphatic heterocycles. The number of amides is 2. The summed E-state index contributed by atoms with van der Waals surface area (Å²) in [5.74, 6) is 0.202. The Kier molecular flexibility index (Phi) is 9.03. The summed E-state index contributed by atoms with van der Waals surface area (Å²) in [6.45, 7) is 2.36. The maximum absolute atomic E-state index is 13.0. The number of nitrogens with one attached hydrogen (secondary N) is 1. The van der Waals surface area contributed by atoms with Gasteiger partial charge in [0.2, 0.25) is 5.91 Å². The molecule has 4 rings (SSSR count). The van der Waals surface area contributed by atoms with Crippen molar-refractivity contribution in [1.82, 2.24) is 10.2 Å². The summed E-state index contributed by atoms with van der Waals surface area (Å²) >= 11 is 8.87. The minimum Gasteiger partial charge on any atom is -0.341 e. The number of quaternary nitrogens is 1. The van der Waals surface area contributed by atoms with E-state index in [0.717, 1.165) is 45.2 Å². The second-order valence-corrected chi connectivity index (χ2v) is 12.3. The molecule has 37 heavy (non-hydrogen) atoms. The number of hydrogen-bond acceptors (Lipinski definition) is 6. The van der Waals surface area contributed by atoms with Crippen molar-refractivity contribution < 1.29 is 18.9 Å². The quantitative estimate of drug-likeness (QED) is 0.190. The summed E-state index contributed by atoms with van der Waals surface area (Å²) in [5.41, 5.74) is 6.57. The number of hydrogen-bond donors (Lipinski definition) is 2. The first-order valence-corrected chi connectivity index (χ1v) is 14.6. The third kappa shape index (κ3) is 6.59. The third-order valence-electron chi connectivity index (χ3n) is 6.48. The van der Waals surface area contributed by atoms with E-state index in [4.69, 9.17) is 17.3 Å². The lowest BCUT2D eigenvalue weighted by molar-refractivity contribution is -0.884. The SMILES string of the molecule is C[N+](C)(C/C=C/C1=C(C(=O)Cl)N2C(=O)[C@@H](NC(=O)CSc3ccc4ccccc4c3)[C@H]2SC1)CCCN. The van der Waals surface area contributed by atoms with E-state index in [1.165, 1.54) is 28.4 Å². The topological polar surface area (TPSA) is 92.5 Å². The minimum absolute atomic E-state index is 0.197. The van der Waals surface area contributed by atoms with Crippen LogP contribution >= 0.6 is 35.1 Å². The van der Waals surface area contributed by atoms with Crippen LogP contribution in [0.5, 0.6) is 0 Å². The zero-order chi connectivity index (χ0) is 26.6. The zero-order valence-corrected chi connectivity index (χ0v) is 23.4. The van der Waals surface area contributed by atoms with Gasteiger partial charge in [-0.2, -0.15) is 0 Å². The van der Waals surface area contributed by atoms with Gasteiger partial charge < -0.3 is 15.5 Å². The number of nitrogens with zero attached hydrogens (tertiary/aromatic N) is 2. The average molecular weight is 560 g/mol. The van der Waals surface area contributed by atoms with Gasteiger partial charge in [-0.25, -0.2) is 0 Å². The number of nitrogens with two attached hydrogens (primary N) is 1. The van der Waals surface area contributed by atoms with Gasteiger partial charge in [-0.15, -0.1) is 23.5 Å². The van der Waals surface area contributed by atoms with Gasteiger partial charge in [-0.05, 0) is 52.7 Å². The normalized spacial score (nSPS) is 19.8. The first-order chi connectivity index (χ1) is 17.7. The minimum atomic E-state index is -0.668. The van der Waals surface area contributed by atoms with Gasteiger partial charge in [-0.1, -0.05) is 36.4 Å². The van der Waals surface area contributed by atoms with Gasteiger partial charge >= 0.3 is 0 Å². The van der Waals surface area contributed by atoms with E-state index in [1.807, 2.05) is 48.6 Å². The highest BCUT2D eigenvalue weighted by molar-refractivity contribution is 8.00. The van der Waals surface area contributed by atoms with Crippen molar-refractivity contribution >= 4 is 63.0 Å². The van der Waals surface area contributed by atoms with E-state index in [9.17, 15) is 14.4 Å². The molecule has 1 saturated heterocycles. The van der Waals surface area contributed by atoms with Crippen LogP contribution in [0.15, 0.2) is 70.8 Å². The van der Waals surface area contributed by atoms with Crippen LogP contribution in [-0.4, -0.2) is 83.1 Å². The monoisotopic (exact) mass is 559 g/mol. The van der Waals surface area contributed by atoms with E-state index >= 15 is 0 Å². The van der Waals surface area contributed by atoms with Crippen LogP contribution in [-0.2, 0) is 14.4 Å². The van der Waals surface area contributed by atoms with Gasteiger partial charge in [-0.3, -0.25) is 19.3 Å². The molecule has 0 aromatic heterocycles. The van der Waals surface area contributed by atoms with Crippen LogP contribution in [0, 0.1) is 0 Å². The fourth-order valence-corrected chi connectivity index (χ4v) is 6.75. The number of thioether (sulfide) groups is 2. The molecule has 0 bridgehead atoms. The molecular weight excluding hydrogens is 528 g/mol. The van der Waals surface area contributed by atoms with Crippen LogP contribution in [0.4, 0.5) is 0 Å². The summed E-state index contributed by atoms with van der Waals surface area (Å²) in [4.78, 5) is 40.3. The molecule has 3 N–H and O–H groups in total. The third-order valence-corrected chi connectivity index (χ3v) is 8.95. The number of β-lactam (4-membered cyclic amide) rings is 1. The Morgan fingerprint density at radius 3 is 2.73 bits per heavy atom. The highest BCUT2D eigenvalue weighted by Crippen LogP contribution is 2.41. The second kappa shape index (κ2) is 12.0. The Morgan fingerprint density at radius 1 is 1.24 bits per heavy atom. The Bertz CT molecular complexity index is 1260. The molecular formula is C27H32ClN4O3S2+. The number of allylic oxidation sites excluding steroid dienone is 2. The number of likely N-dealkylation sites (N-methyl/N-ethyl adjacent to an activating group) is 1. The van der Waals surface area contributed by atoms with Crippen LogP contribution in [0.2, 0.25) is 0 Å². The van der Waals surface area contributed by atoms with E-state index in [-0.39, 0.29) is 28.6 Å². The molecule has 0 radical (unpaired) electrons. The van der Waals surface area contributed by atoms with Crippen LogP contribution in [0.25, 0.3) is 10.8 Å². The number of rotatable bonds is 11. The van der Waals surface area contributed by atoms with E-state index in [2.05, 4.69) is 25.5 Å². The predicted octanol–water partition coefficient (Wildman–Crippen LogP) is 3.33. The van der Waals surface area contributed by atoms with Gasteiger partial charge in [0.15, 0.2) is 0 Å². The van der Waals surface area contributed by atoms with E-state index in [1.54, 1.807) is 0 Å². The first-order valence-electron chi connectivity index (χ1n) is 12.2. The van der Waals surface area contributed by atoms with Crippen molar-refractivity contribution in [2.24, 2.45) is 5.73 Å². The molecule has 0 saturated carbocycles. The van der Waals surface area contributed by atoms with Crippen LogP contribution in [0.3, 0.4) is 0 Å². The Hall–Kier alpha value is -2.30. The standard InChI is InChI=1S/C27H31ClN4O3S2/c1-32(2,14-6-12-29)13-5-9-20-16-37-27-23(26(35)31(27)24(20)25(28)34)30-22(33)17-36-21-11-10-18-7-3-4-8-19(18)15-21/h3-5,7-11,15,23,27H,6,12-14,16-17,29H2,1-2H3/p+1/b9-5+/t23-,27-/m1/s1. The Labute approximate surface area is 231 Å². The lowest BCUT2D eigenvalue weighted by Crippen LogP contribution is -2.70. The molecule has 196 valence electrons. The first kappa shape index (κ1) is 27.7. The van der Waals surface area contributed by atoms with Gasteiger partial charge in [0.05, 0.1) is 32.9 Å². The molecule has 0 aliphatic carbocycles. The molecule has 10 heteroatoms. The van der Waals surface area contributed by atoms with E-state index < -0.39 is 11.3 Å². The fourth-order valence-electron chi connectivity index (χ4n) is 4.46. The number of benzene rings is 2. The van der Waals surface area contributed by atoms with Gasteiger partial charge in [0.1, 0.15) is 17.1 Å². The van der Waals surface area contributed by atoms with Crippen molar-refractivity contribution in [1.29, 1.82) is 0 Å². The molecule has 2 aromatic carbocycles. The molecule has 2 aromatic rings. The average Bonchev–Trinajstić information content (AvgIpc) is 2.88. The van der Waals surface area contributed by atoms with Crippen molar-refractivity contribution in [2.75, 3.05) is 45.2 Å². The molecule has 1 fully saturated rings. The highest BCUT2D eigenvalue weighted by Gasteiger charge is 2.53. The molecule has 0 spiro atoms. The van der Waals surface area contributed by atoms with Crippen molar-refractivity contribution in [3.8, 4) is 0 Å². The fraction of sp³-hybridized carbons (Fsp3) is 0.370. The van der Waals surface area contributed by atoms with Crippen LogP contribution in [0.1, 0.15) is 6.42 Å². The number of fused-ring (bicyclic) bond motifs is 2. The molecule has 7 nitrogen and oxygen atoms in total. The largest absolute Gasteiger partial charge is 0.341 e. The molecule has 2 amide bonds. The van der Waals surface area contributed by atoms with Crippen molar-refractivity contribution in [3.05, 3.63) is 65.9 Å². The Morgan fingerprint density at radius 2 is 2.00 bits per heavy atom. The molecule has 0 unspecified atom stereocenters. The predicted molar refractivity (Wildman–Crippen MR) is 152 cm³/mol. The number of carbonyl (C=O) groups excluding carboxylic acids is 3. The van der Waals surface area contributed by atoms with E-state index in [0.29, 0.717) is 12.3 Å². The lowest BCUT2D eigenvalue weighted by atomic mass is 10.0. The number of halogens is 1. The number of carbonyl (C=O) groups is 3. The zero-order valence-electron chi connectivity index (χ0n) is 21.0. The maximum atomic E-state index is 13.0. The maximum Gasteiger partial charge on any atom is 0.269 e. The summed E-state index contributed by atoms with van der Waals surface area (Å²) in [6.07, 6.45) is 4.84. The Balaban J connectivity index is 1.36. The van der Waals surface area contributed by atoms with Gasteiger partial charge in [0, 0.05) is 17.1 Å². The summed E-state index contributed by atoms with van der Waals surface area (Å²) in [7, 11) is 4.25. The molecule has 2 aliphatic rings. The summed E-state index contributed by atoms with van der Waals surface area (Å²) in [5, 5.41) is 4.11. The molecule has 2 atom stereocenters. The van der Waals surface area contributed by atoms with Crippen LogP contribution < -0.4 is 11.1 Å². The second-order valence-electron chi connectivity index (χ2n) is 9.79. The lowest BCUT2D eigenvalue weighted by Gasteiger charge is -2.49. The van der Waals surface area contributed by atoms with Crippen molar-refractivity contribution in [3.63, 3.8) is 0 Å². The summed E-state index contributed by atoms with van der Waals surface area (Å²) < 4.78 is 0.773.